The Morgan fingerprint density at radius 2 is 1.73 bits per heavy atom. The van der Waals surface area contributed by atoms with E-state index in [2.05, 4.69) is 10.3 Å². The number of hydrogen-bond donors (Lipinski definition) is 1. The van der Waals surface area contributed by atoms with Crippen LogP contribution in [0.25, 0.3) is 0 Å². The molecule has 1 N–H and O–H groups in total. The van der Waals surface area contributed by atoms with Crippen molar-refractivity contribution in [2.75, 3.05) is 13.2 Å². The van der Waals surface area contributed by atoms with Gasteiger partial charge in [0.1, 0.15) is 24.7 Å². The predicted molar refractivity (Wildman–Crippen MR) is 91.4 cm³/mol. The molecule has 0 bridgehead atoms. The molecule has 1 atom stereocenters. The molecule has 1 aliphatic rings. The molecule has 0 spiro atoms. The minimum absolute atomic E-state index is 0. The van der Waals surface area contributed by atoms with Gasteiger partial charge in [0.05, 0.1) is 12.4 Å². The number of rotatable bonds is 6. The highest BCUT2D eigenvalue weighted by Crippen LogP contribution is 2.19. The highest BCUT2D eigenvalue weighted by Gasteiger charge is 2.16. The van der Waals surface area contributed by atoms with Crippen molar-refractivity contribution >= 4 is 24.8 Å². The van der Waals surface area contributed by atoms with Crippen LogP contribution in [0.3, 0.4) is 0 Å². The van der Waals surface area contributed by atoms with Crippen LogP contribution in [0, 0.1) is 0 Å². The molecule has 0 saturated carbocycles. The fraction of sp³-hybridized carbons (Fsp3) is 0.312. The fourth-order valence-electron chi connectivity index (χ4n) is 1.99. The molecule has 0 amide bonds. The zero-order chi connectivity index (χ0) is 13.6. The second kappa shape index (κ2) is 9.51. The van der Waals surface area contributed by atoms with Crippen molar-refractivity contribution in [2.24, 2.45) is 0 Å². The lowest BCUT2D eigenvalue weighted by molar-refractivity contribution is 0.215. The summed E-state index contributed by atoms with van der Waals surface area (Å²) in [6, 6.07) is 12.4. The second-order valence-electron chi connectivity index (χ2n) is 4.88. The molecule has 0 radical (unpaired) electrons. The van der Waals surface area contributed by atoms with Crippen molar-refractivity contribution in [1.82, 2.24) is 10.3 Å². The number of nitrogens with one attached hydrogen (secondary N) is 1. The summed E-state index contributed by atoms with van der Waals surface area (Å²) < 4.78 is 11.4. The number of hydrogen-bond acceptors (Lipinski definition) is 4. The molecule has 0 unspecified atom stereocenters. The van der Waals surface area contributed by atoms with Gasteiger partial charge in [-0.1, -0.05) is 30.3 Å². The van der Waals surface area contributed by atoms with E-state index in [1.807, 2.05) is 36.4 Å². The van der Waals surface area contributed by atoms with Gasteiger partial charge < -0.3 is 14.8 Å². The van der Waals surface area contributed by atoms with E-state index in [1.165, 1.54) is 6.42 Å². The molecular formula is C16H20Cl2N2O2. The van der Waals surface area contributed by atoms with E-state index in [-0.39, 0.29) is 24.8 Å². The lowest BCUT2D eigenvalue weighted by Crippen LogP contribution is -2.46. The zero-order valence-electron chi connectivity index (χ0n) is 12.1. The van der Waals surface area contributed by atoms with E-state index in [9.17, 15) is 0 Å². The zero-order valence-corrected chi connectivity index (χ0v) is 13.7. The Balaban J connectivity index is 0.00000121. The molecule has 1 aliphatic heterocycles. The van der Waals surface area contributed by atoms with E-state index in [4.69, 9.17) is 9.47 Å². The van der Waals surface area contributed by atoms with Crippen LogP contribution in [0.5, 0.6) is 11.5 Å². The summed E-state index contributed by atoms with van der Waals surface area (Å²) in [5, 5.41) is 3.30. The minimum atomic E-state index is 0. The molecule has 120 valence electrons. The first-order valence-corrected chi connectivity index (χ1v) is 6.88. The predicted octanol–water partition coefficient (Wildman–Crippen LogP) is 3.24. The molecule has 2 aromatic rings. The van der Waals surface area contributed by atoms with Gasteiger partial charge in [-0.25, -0.2) is 0 Å². The molecule has 1 aromatic carbocycles. The molecule has 1 aromatic heterocycles. The van der Waals surface area contributed by atoms with Crippen LogP contribution in [0.4, 0.5) is 0 Å². The SMILES string of the molecule is Cl.Cl.c1ccc(COc2cncc(OC[C@@H]3CCN3)c2)cc1. The molecule has 1 fully saturated rings. The number of aromatic nitrogens is 1. The highest BCUT2D eigenvalue weighted by atomic mass is 35.5. The van der Waals surface area contributed by atoms with Crippen LogP contribution in [0.15, 0.2) is 48.8 Å². The fourth-order valence-corrected chi connectivity index (χ4v) is 1.99. The van der Waals surface area contributed by atoms with Crippen LogP contribution < -0.4 is 14.8 Å². The molecule has 6 heteroatoms. The van der Waals surface area contributed by atoms with Gasteiger partial charge in [-0.15, -0.1) is 24.8 Å². The summed E-state index contributed by atoms with van der Waals surface area (Å²) in [5.74, 6) is 1.48. The van der Waals surface area contributed by atoms with Gasteiger partial charge in [-0.05, 0) is 18.5 Å². The maximum Gasteiger partial charge on any atom is 0.141 e. The maximum absolute atomic E-state index is 5.72. The first kappa shape index (κ1) is 18.6. The van der Waals surface area contributed by atoms with Crippen molar-refractivity contribution in [3.05, 3.63) is 54.4 Å². The number of benzene rings is 1. The minimum Gasteiger partial charge on any atom is -0.490 e. The van der Waals surface area contributed by atoms with Gasteiger partial charge in [0, 0.05) is 12.1 Å². The maximum atomic E-state index is 5.72. The standard InChI is InChI=1S/C16H18N2O2.2ClH/c1-2-4-13(5-3-1)11-19-15-8-16(10-17-9-15)20-12-14-6-7-18-14;;/h1-5,8-10,14,18H,6-7,11-12H2;2*1H/t14-;;/m0../s1. The molecule has 22 heavy (non-hydrogen) atoms. The Bertz CT molecular complexity index is 551. The normalized spacial score (nSPS) is 15.7. The van der Waals surface area contributed by atoms with Gasteiger partial charge in [0.2, 0.25) is 0 Å². The Morgan fingerprint density at radius 1 is 1.05 bits per heavy atom. The van der Waals surface area contributed by atoms with Gasteiger partial charge >= 0.3 is 0 Å². The van der Waals surface area contributed by atoms with Crippen LogP contribution in [-0.4, -0.2) is 24.2 Å². The molecule has 4 nitrogen and oxygen atoms in total. The number of nitrogens with zero attached hydrogens (tertiary/aromatic N) is 1. The quantitative estimate of drug-likeness (QED) is 0.875. The Morgan fingerprint density at radius 3 is 2.36 bits per heavy atom. The van der Waals surface area contributed by atoms with Crippen LogP contribution >= 0.6 is 24.8 Å². The first-order valence-electron chi connectivity index (χ1n) is 6.88. The second-order valence-corrected chi connectivity index (χ2v) is 4.88. The van der Waals surface area contributed by atoms with Crippen LogP contribution in [-0.2, 0) is 6.61 Å². The van der Waals surface area contributed by atoms with Crippen molar-refractivity contribution in [2.45, 2.75) is 19.1 Å². The lowest BCUT2D eigenvalue weighted by atomic mass is 10.1. The smallest absolute Gasteiger partial charge is 0.141 e. The topological polar surface area (TPSA) is 43.4 Å². The Hall–Kier alpha value is -1.49. The summed E-state index contributed by atoms with van der Waals surface area (Å²) in [6.07, 6.45) is 4.60. The number of pyridine rings is 1. The van der Waals surface area contributed by atoms with Gasteiger partial charge in [0.15, 0.2) is 0 Å². The molecule has 0 aliphatic carbocycles. The van der Waals surface area contributed by atoms with Crippen molar-refractivity contribution in [1.29, 1.82) is 0 Å². The van der Waals surface area contributed by atoms with Crippen molar-refractivity contribution in [3.63, 3.8) is 0 Å². The number of ether oxygens (including phenoxy) is 2. The third-order valence-corrected chi connectivity index (χ3v) is 3.31. The van der Waals surface area contributed by atoms with Crippen LogP contribution in [0.1, 0.15) is 12.0 Å². The monoisotopic (exact) mass is 342 g/mol. The van der Waals surface area contributed by atoms with Gasteiger partial charge in [-0.3, -0.25) is 4.98 Å². The average molecular weight is 343 g/mol. The average Bonchev–Trinajstić information content (AvgIpc) is 2.45. The van der Waals surface area contributed by atoms with E-state index in [0.29, 0.717) is 19.3 Å². The molecular weight excluding hydrogens is 323 g/mol. The van der Waals surface area contributed by atoms with E-state index >= 15 is 0 Å². The van der Waals surface area contributed by atoms with E-state index in [0.717, 1.165) is 23.6 Å². The lowest BCUT2D eigenvalue weighted by Gasteiger charge is -2.27. The number of halogens is 2. The molecule has 1 saturated heterocycles. The summed E-state index contributed by atoms with van der Waals surface area (Å²) >= 11 is 0. The summed E-state index contributed by atoms with van der Waals surface area (Å²) in [6.45, 7) is 2.31. The Kier molecular flexibility index (Phi) is 8.02. The molecule has 3 rings (SSSR count). The highest BCUT2D eigenvalue weighted by molar-refractivity contribution is 5.85. The largest absolute Gasteiger partial charge is 0.490 e. The van der Waals surface area contributed by atoms with Gasteiger partial charge in [-0.2, -0.15) is 0 Å². The summed E-state index contributed by atoms with van der Waals surface area (Å²) in [5.41, 5.74) is 1.14. The first-order chi connectivity index (χ1) is 9.90. The van der Waals surface area contributed by atoms with E-state index < -0.39 is 0 Å². The van der Waals surface area contributed by atoms with E-state index in [1.54, 1.807) is 12.4 Å². The molecule has 2 heterocycles. The van der Waals surface area contributed by atoms with Crippen molar-refractivity contribution in [3.8, 4) is 11.5 Å². The van der Waals surface area contributed by atoms with Crippen molar-refractivity contribution < 1.29 is 9.47 Å². The third kappa shape index (κ3) is 5.37. The summed E-state index contributed by atoms with van der Waals surface area (Å²) in [7, 11) is 0. The van der Waals surface area contributed by atoms with Gasteiger partial charge in [0.25, 0.3) is 0 Å². The Labute approximate surface area is 143 Å². The van der Waals surface area contributed by atoms with Crippen LogP contribution in [0.2, 0.25) is 0 Å². The third-order valence-electron chi connectivity index (χ3n) is 3.31. The summed E-state index contributed by atoms with van der Waals surface area (Å²) in [4.78, 5) is 4.15.